The molecule has 0 radical (unpaired) electrons. The number of hydrogen-bond acceptors (Lipinski definition) is 4. The highest BCUT2D eigenvalue weighted by Crippen LogP contribution is 2.25. The van der Waals surface area contributed by atoms with E-state index in [2.05, 4.69) is 4.99 Å². The molecule has 0 fully saturated rings. The summed E-state index contributed by atoms with van der Waals surface area (Å²) in [5, 5.41) is 0.797. The van der Waals surface area contributed by atoms with Crippen molar-refractivity contribution >= 4 is 35.1 Å². The van der Waals surface area contributed by atoms with Gasteiger partial charge in [0, 0.05) is 5.56 Å². The van der Waals surface area contributed by atoms with Gasteiger partial charge >= 0.3 is 5.97 Å². The summed E-state index contributed by atoms with van der Waals surface area (Å²) in [6.45, 7) is 2.26. The minimum absolute atomic E-state index is 0.123. The smallest absolute Gasteiger partial charge is 0.367 e. The normalized spacial score (nSPS) is 16.7. The molecule has 0 unspecified atom stereocenters. The first kappa shape index (κ1) is 12.9. The van der Waals surface area contributed by atoms with Crippen molar-refractivity contribution in [3.8, 4) is 0 Å². The predicted molar refractivity (Wildman–Crippen MR) is 68.8 cm³/mol. The molecule has 0 aliphatic carbocycles. The molecule has 0 aromatic heterocycles. The Balaban J connectivity index is 2.29. The van der Waals surface area contributed by atoms with Crippen LogP contribution in [0.4, 0.5) is 0 Å². The highest BCUT2D eigenvalue weighted by Gasteiger charge is 2.24. The highest BCUT2D eigenvalue weighted by molar-refractivity contribution is 6.42. The van der Waals surface area contributed by atoms with Crippen molar-refractivity contribution in [2.75, 3.05) is 6.61 Å². The summed E-state index contributed by atoms with van der Waals surface area (Å²) >= 11 is 11.7. The van der Waals surface area contributed by atoms with Gasteiger partial charge < -0.3 is 9.47 Å². The number of carbonyl (C=O) groups excluding carboxylic acids is 1. The van der Waals surface area contributed by atoms with Gasteiger partial charge in [0.2, 0.25) is 5.90 Å². The van der Waals surface area contributed by atoms with E-state index in [1.807, 2.05) is 0 Å². The number of halogens is 2. The van der Waals surface area contributed by atoms with Gasteiger partial charge in [0.05, 0.1) is 16.7 Å². The van der Waals surface area contributed by atoms with E-state index in [0.717, 1.165) is 0 Å². The lowest BCUT2D eigenvalue weighted by Gasteiger charge is -2.01. The van der Waals surface area contributed by atoms with Crippen molar-refractivity contribution in [1.29, 1.82) is 0 Å². The fourth-order valence-electron chi connectivity index (χ4n) is 1.31. The number of benzene rings is 1. The van der Waals surface area contributed by atoms with Gasteiger partial charge in [-0.25, -0.2) is 9.79 Å². The van der Waals surface area contributed by atoms with E-state index in [1.54, 1.807) is 25.1 Å². The summed E-state index contributed by atoms with van der Waals surface area (Å²) in [6.07, 6.45) is 1.27. The van der Waals surface area contributed by atoms with Gasteiger partial charge in [-0.1, -0.05) is 23.2 Å². The molecule has 1 aromatic carbocycles. The maximum Gasteiger partial charge on any atom is 0.367 e. The number of ether oxygens (including phenoxy) is 2. The van der Waals surface area contributed by atoms with Crippen LogP contribution in [0, 0.1) is 0 Å². The molecular formula is C12H9Cl2NO3. The topological polar surface area (TPSA) is 47.9 Å². The number of esters is 1. The summed E-state index contributed by atoms with van der Waals surface area (Å²) in [5.41, 5.74) is 0.704. The number of hydrogen-bond donors (Lipinski definition) is 0. The van der Waals surface area contributed by atoms with Crippen molar-refractivity contribution < 1.29 is 14.3 Å². The summed E-state index contributed by atoms with van der Waals surface area (Å²) < 4.78 is 10.0. The lowest BCUT2D eigenvalue weighted by Crippen LogP contribution is -2.05. The van der Waals surface area contributed by atoms with E-state index >= 15 is 0 Å². The Morgan fingerprint density at radius 3 is 2.83 bits per heavy atom. The molecule has 2 rings (SSSR count). The third kappa shape index (κ3) is 2.66. The molecule has 1 aliphatic rings. The van der Waals surface area contributed by atoms with E-state index in [4.69, 9.17) is 32.7 Å². The van der Waals surface area contributed by atoms with Crippen LogP contribution in [0.3, 0.4) is 0 Å². The Labute approximate surface area is 114 Å². The second kappa shape index (κ2) is 5.42. The van der Waals surface area contributed by atoms with Gasteiger partial charge in [-0.15, -0.1) is 0 Å². The molecular weight excluding hydrogens is 277 g/mol. The third-order valence-corrected chi connectivity index (χ3v) is 2.89. The average molecular weight is 286 g/mol. The SMILES string of the molecule is CCO/C=C1\N=C(c2ccc(Cl)c(Cl)c2)OC1=O. The van der Waals surface area contributed by atoms with Gasteiger partial charge in [0.15, 0.2) is 5.70 Å². The van der Waals surface area contributed by atoms with E-state index in [9.17, 15) is 4.79 Å². The number of rotatable bonds is 3. The summed E-state index contributed by atoms with van der Waals surface area (Å²) in [4.78, 5) is 15.5. The first-order valence-corrected chi connectivity index (χ1v) is 5.95. The van der Waals surface area contributed by atoms with E-state index < -0.39 is 5.97 Å². The van der Waals surface area contributed by atoms with E-state index in [-0.39, 0.29) is 11.6 Å². The van der Waals surface area contributed by atoms with Crippen molar-refractivity contribution in [3.05, 3.63) is 45.8 Å². The van der Waals surface area contributed by atoms with Gasteiger partial charge in [0.1, 0.15) is 6.26 Å². The molecule has 1 aromatic rings. The lowest BCUT2D eigenvalue weighted by molar-refractivity contribution is -0.130. The second-order valence-corrected chi connectivity index (χ2v) is 4.21. The van der Waals surface area contributed by atoms with Crippen molar-refractivity contribution in [1.82, 2.24) is 0 Å². The van der Waals surface area contributed by atoms with Crippen LogP contribution in [0.5, 0.6) is 0 Å². The first-order chi connectivity index (χ1) is 8.61. The Bertz CT molecular complexity index is 552. The summed E-state index contributed by atoms with van der Waals surface area (Å²) in [6, 6.07) is 4.86. The van der Waals surface area contributed by atoms with Crippen molar-refractivity contribution in [3.63, 3.8) is 0 Å². The van der Waals surface area contributed by atoms with Gasteiger partial charge in [-0.2, -0.15) is 0 Å². The highest BCUT2D eigenvalue weighted by atomic mass is 35.5. The molecule has 0 spiro atoms. The molecule has 0 bridgehead atoms. The summed E-state index contributed by atoms with van der Waals surface area (Å²) in [7, 11) is 0. The zero-order valence-electron chi connectivity index (χ0n) is 9.44. The number of nitrogens with zero attached hydrogens (tertiary/aromatic N) is 1. The number of cyclic esters (lactones) is 1. The Kier molecular flexibility index (Phi) is 3.89. The van der Waals surface area contributed by atoms with E-state index in [1.165, 1.54) is 6.26 Å². The third-order valence-electron chi connectivity index (χ3n) is 2.15. The van der Waals surface area contributed by atoms with Gasteiger partial charge in [-0.3, -0.25) is 0 Å². The average Bonchev–Trinajstić information content (AvgIpc) is 2.72. The number of carbonyl (C=O) groups is 1. The second-order valence-electron chi connectivity index (χ2n) is 3.39. The molecule has 4 nitrogen and oxygen atoms in total. The molecule has 1 heterocycles. The van der Waals surface area contributed by atoms with Gasteiger partial charge in [0.25, 0.3) is 0 Å². The fraction of sp³-hybridized carbons (Fsp3) is 0.167. The molecule has 0 atom stereocenters. The summed E-state index contributed by atoms with van der Waals surface area (Å²) in [5.74, 6) is -0.367. The molecule has 18 heavy (non-hydrogen) atoms. The Morgan fingerprint density at radius 1 is 1.39 bits per heavy atom. The van der Waals surface area contributed by atoms with Crippen LogP contribution in [0.1, 0.15) is 12.5 Å². The van der Waals surface area contributed by atoms with Crippen LogP contribution in [-0.2, 0) is 14.3 Å². The Morgan fingerprint density at radius 2 is 2.17 bits per heavy atom. The van der Waals surface area contributed by atoms with Crippen LogP contribution in [-0.4, -0.2) is 18.5 Å². The van der Waals surface area contributed by atoms with Crippen LogP contribution in [0.2, 0.25) is 10.0 Å². The molecule has 94 valence electrons. The van der Waals surface area contributed by atoms with Crippen LogP contribution in [0.25, 0.3) is 0 Å². The van der Waals surface area contributed by atoms with Crippen LogP contribution in [0.15, 0.2) is 35.2 Å². The first-order valence-electron chi connectivity index (χ1n) is 5.20. The minimum Gasteiger partial charge on any atom is -0.499 e. The quantitative estimate of drug-likeness (QED) is 0.487. The zero-order chi connectivity index (χ0) is 13.1. The minimum atomic E-state index is -0.551. The van der Waals surface area contributed by atoms with Crippen molar-refractivity contribution in [2.45, 2.75) is 6.92 Å². The maximum atomic E-state index is 11.5. The lowest BCUT2D eigenvalue weighted by atomic mass is 10.2. The monoisotopic (exact) mass is 285 g/mol. The van der Waals surface area contributed by atoms with E-state index in [0.29, 0.717) is 22.2 Å². The molecule has 6 heteroatoms. The largest absolute Gasteiger partial charge is 0.499 e. The molecule has 0 amide bonds. The Hall–Kier alpha value is -1.52. The van der Waals surface area contributed by atoms with Crippen molar-refractivity contribution in [2.24, 2.45) is 4.99 Å². The van der Waals surface area contributed by atoms with Crippen LogP contribution >= 0.6 is 23.2 Å². The standard InChI is InChI=1S/C12H9Cl2NO3/c1-2-17-6-10-12(16)18-11(15-10)7-3-4-8(13)9(14)5-7/h3-6H,2H2,1H3/b10-6-. The molecule has 1 aliphatic heterocycles. The maximum absolute atomic E-state index is 11.5. The predicted octanol–water partition coefficient (Wildman–Crippen LogP) is 3.17. The molecule has 0 saturated heterocycles. The zero-order valence-corrected chi connectivity index (χ0v) is 11.0. The van der Waals surface area contributed by atoms with Gasteiger partial charge in [-0.05, 0) is 25.1 Å². The molecule has 0 saturated carbocycles. The van der Waals surface area contributed by atoms with Crippen LogP contribution < -0.4 is 0 Å². The fourth-order valence-corrected chi connectivity index (χ4v) is 1.61. The molecule has 0 N–H and O–H groups in total. The number of aliphatic imine (C=N–C) groups is 1.